The Labute approximate surface area is 144 Å². The molecule has 25 heavy (non-hydrogen) atoms. The zero-order valence-electron chi connectivity index (χ0n) is 13.7. The van der Waals surface area contributed by atoms with Gasteiger partial charge in [0.05, 0.1) is 23.6 Å². The molecule has 1 heterocycles. The van der Waals surface area contributed by atoms with Gasteiger partial charge in [0.15, 0.2) is 0 Å². The number of halogens is 3. The molecule has 0 bridgehead atoms. The average molecular weight is 376 g/mol. The SMILES string of the molecule is CN(C)[C@@H](CNS(=O)(=O)Cc1ccc(C(F)(F)F)cc1)c1ccco1. The average Bonchev–Trinajstić information content (AvgIpc) is 3.00. The molecule has 1 aromatic carbocycles. The Morgan fingerprint density at radius 1 is 1.16 bits per heavy atom. The van der Waals surface area contributed by atoms with Gasteiger partial charge in [-0.2, -0.15) is 13.2 Å². The van der Waals surface area contributed by atoms with Gasteiger partial charge in [-0.25, -0.2) is 13.1 Å². The van der Waals surface area contributed by atoms with Crippen molar-refractivity contribution in [3.63, 3.8) is 0 Å². The molecule has 1 N–H and O–H groups in total. The van der Waals surface area contributed by atoms with Gasteiger partial charge in [-0.15, -0.1) is 0 Å². The van der Waals surface area contributed by atoms with Crippen molar-refractivity contribution in [3.8, 4) is 0 Å². The first-order valence-electron chi connectivity index (χ1n) is 7.42. The molecule has 138 valence electrons. The molecule has 0 saturated carbocycles. The Balaban J connectivity index is 2.02. The molecule has 0 amide bonds. The van der Waals surface area contributed by atoms with Crippen molar-refractivity contribution < 1.29 is 26.0 Å². The molecule has 1 aromatic heterocycles. The number of furan rings is 1. The number of likely N-dealkylation sites (N-methyl/N-ethyl adjacent to an activating group) is 1. The smallest absolute Gasteiger partial charge is 0.416 e. The quantitative estimate of drug-likeness (QED) is 0.807. The van der Waals surface area contributed by atoms with E-state index in [9.17, 15) is 21.6 Å². The Morgan fingerprint density at radius 3 is 2.28 bits per heavy atom. The van der Waals surface area contributed by atoms with E-state index >= 15 is 0 Å². The number of hydrogen-bond donors (Lipinski definition) is 1. The monoisotopic (exact) mass is 376 g/mol. The summed E-state index contributed by atoms with van der Waals surface area (Å²) < 4.78 is 69.8. The van der Waals surface area contributed by atoms with E-state index in [1.165, 1.54) is 6.26 Å². The van der Waals surface area contributed by atoms with Crippen molar-refractivity contribution in [1.82, 2.24) is 9.62 Å². The molecule has 0 saturated heterocycles. The van der Waals surface area contributed by atoms with Crippen LogP contribution in [-0.4, -0.2) is 34.0 Å². The van der Waals surface area contributed by atoms with Gasteiger partial charge in [0.25, 0.3) is 0 Å². The summed E-state index contributed by atoms with van der Waals surface area (Å²) in [6.07, 6.45) is -2.94. The molecule has 0 aliphatic carbocycles. The number of benzene rings is 1. The lowest BCUT2D eigenvalue weighted by Crippen LogP contribution is -2.35. The van der Waals surface area contributed by atoms with Crippen LogP contribution in [0.3, 0.4) is 0 Å². The Hall–Kier alpha value is -1.84. The summed E-state index contributed by atoms with van der Waals surface area (Å²) in [5.74, 6) is 0.214. The van der Waals surface area contributed by atoms with Crippen molar-refractivity contribution in [1.29, 1.82) is 0 Å². The van der Waals surface area contributed by atoms with Crippen LogP contribution >= 0.6 is 0 Å². The van der Waals surface area contributed by atoms with Gasteiger partial charge in [0, 0.05) is 6.54 Å². The summed E-state index contributed by atoms with van der Waals surface area (Å²) in [5, 5.41) is 0. The first kappa shape index (κ1) is 19.5. The maximum atomic E-state index is 12.5. The zero-order chi connectivity index (χ0) is 18.7. The van der Waals surface area contributed by atoms with Crippen molar-refractivity contribution in [2.24, 2.45) is 0 Å². The molecule has 2 rings (SSSR count). The second kappa shape index (κ2) is 7.59. The molecule has 2 aromatic rings. The molecule has 9 heteroatoms. The maximum Gasteiger partial charge on any atom is 0.416 e. The van der Waals surface area contributed by atoms with Gasteiger partial charge in [0.1, 0.15) is 5.76 Å². The molecular weight excluding hydrogens is 357 g/mol. The van der Waals surface area contributed by atoms with E-state index in [2.05, 4.69) is 4.72 Å². The van der Waals surface area contributed by atoms with Crippen molar-refractivity contribution in [2.75, 3.05) is 20.6 Å². The third-order valence-electron chi connectivity index (χ3n) is 3.63. The highest BCUT2D eigenvalue weighted by Crippen LogP contribution is 2.29. The predicted molar refractivity (Wildman–Crippen MR) is 87.2 cm³/mol. The van der Waals surface area contributed by atoms with Crippen LogP contribution in [-0.2, 0) is 22.0 Å². The van der Waals surface area contributed by atoms with Crippen LogP contribution < -0.4 is 4.72 Å². The Kier molecular flexibility index (Phi) is 5.91. The summed E-state index contributed by atoms with van der Waals surface area (Å²) in [4.78, 5) is 1.81. The van der Waals surface area contributed by atoms with E-state index in [0.717, 1.165) is 24.3 Å². The van der Waals surface area contributed by atoms with Crippen LogP contribution in [0, 0.1) is 0 Å². The summed E-state index contributed by atoms with van der Waals surface area (Å²) in [7, 11) is -0.124. The van der Waals surface area contributed by atoms with Crippen molar-refractivity contribution in [2.45, 2.75) is 18.0 Å². The fraction of sp³-hybridized carbons (Fsp3) is 0.375. The van der Waals surface area contributed by atoms with Crippen LogP contribution in [0.2, 0.25) is 0 Å². The second-order valence-electron chi connectivity index (χ2n) is 5.80. The Morgan fingerprint density at radius 2 is 1.80 bits per heavy atom. The number of hydrogen-bond acceptors (Lipinski definition) is 4. The minimum atomic E-state index is -4.45. The van der Waals surface area contributed by atoms with Gasteiger partial charge in [-0.3, -0.25) is 4.90 Å². The van der Waals surface area contributed by atoms with Gasteiger partial charge in [-0.05, 0) is 43.9 Å². The molecule has 0 aliphatic heterocycles. The number of sulfonamides is 1. The second-order valence-corrected chi connectivity index (χ2v) is 7.60. The van der Waals surface area contributed by atoms with Crippen LogP contribution in [0.4, 0.5) is 13.2 Å². The molecule has 1 atom stereocenters. The van der Waals surface area contributed by atoms with Gasteiger partial charge >= 0.3 is 6.18 Å². The molecule has 0 spiro atoms. The number of rotatable bonds is 7. The highest BCUT2D eigenvalue weighted by Gasteiger charge is 2.30. The van der Waals surface area contributed by atoms with E-state index in [1.54, 1.807) is 31.1 Å². The number of alkyl halides is 3. The predicted octanol–water partition coefficient (Wildman–Crippen LogP) is 3.02. The highest BCUT2D eigenvalue weighted by atomic mass is 32.2. The molecule has 0 aliphatic rings. The van der Waals surface area contributed by atoms with Gasteiger partial charge in [0.2, 0.25) is 10.0 Å². The van der Waals surface area contributed by atoms with Gasteiger partial charge < -0.3 is 4.42 Å². The van der Waals surface area contributed by atoms with Crippen LogP contribution in [0.5, 0.6) is 0 Å². The summed E-state index contributed by atoms with van der Waals surface area (Å²) in [6, 6.07) is 7.23. The highest BCUT2D eigenvalue weighted by molar-refractivity contribution is 7.88. The van der Waals surface area contributed by atoms with Crippen LogP contribution in [0.1, 0.15) is 22.9 Å². The van der Waals surface area contributed by atoms with Crippen molar-refractivity contribution in [3.05, 3.63) is 59.5 Å². The first-order valence-corrected chi connectivity index (χ1v) is 9.07. The Bertz CT molecular complexity index is 770. The minimum Gasteiger partial charge on any atom is -0.468 e. The normalized spacial score (nSPS) is 14.0. The maximum absolute atomic E-state index is 12.5. The molecule has 5 nitrogen and oxygen atoms in total. The molecular formula is C16H19F3N2O3S. The zero-order valence-corrected chi connectivity index (χ0v) is 14.6. The standard InChI is InChI=1S/C16H19F3N2O3S/c1-21(2)14(15-4-3-9-24-15)10-20-25(22,23)11-12-5-7-13(8-6-12)16(17,18)19/h3-9,14,20H,10-11H2,1-2H3/t14-/m0/s1. The summed E-state index contributed by atoms with van der Waals surface area (Å²) in [5.41, 5.74) is -0.535. The van der Waals surface area contributed by atoms with E-state index < -0.39 is 27.5 Å². The fourth-order valence-corrected chi connectivity index (χ4v) is 3.43. The van der Waals surface area contributed by atoms with E-state index in [-0.39, 0.29) is 18.2 Å². The lowest BCUT2D eigenvalue weighted by molar-refractivity contribution is -0.137. The molecule has 0 radical (unpaired) electrons. The number of nitrogens with one attached hydrogen (secondary N) is 1. The first-order chi connectivity index (χ1) is 11.6. The van der Waals surface area contributed by atoms with E-state index in [4.69, 9.17) is 4.42 Å². The largest absolute Gasteiger partial charge is 0.468 e. The van der Waals surface area contributed by atoms with Crippen LogP contribution in [0.25, 0.3) is 0 Å². The summed E-state index contributed by atoms with van der Waals surface area (Å²) >= 11 is 0. The van der Waals surface area contributed by atoms with Gasteiger partial charge in [-0.1, -0.05) is 12.1 Å². The third kappa shape index (κ3) is 5.58. The lowest BCUT2D eigenvalue weighted by atomic mass is 10.1. The van der Waals surface area contributed by atoms with E-state index in [0.29, 0.717) is 5.76 Å². The molecule has 0 unspecified atom stereocenters. The molecule has 0 fully saturated rings. The number of nitrogens with zero attached hydrogens (tertiary/aromatic N) is 1. The lowest BCUT2D eigenvalue weighted by Gasteiger charge is -2.22. The van der Waals surface area contributed by atoms with E-state index in [1.807, 2.05) is 0 Å². The fourth-order valence-electron chi connectivity index (χ4n) is 2.28. The topological polar surface area (TPSA) is 62.6 Å². The van der Waals surface area contributed by atoms with Crippen LogP contribution in [0.15, 0.2) is 47.1 Å². The third-order valence-corrected chi connectivity index (χ3v) is 4.95. The van der Waals surface area contributed by atoms with Crippen molar-refractivity contribution >= 4 is 10.0 Å². The summed E-state index contributed by atoms with van der Waals surface area (Å²) in [6.45, 7) is 0.0868. The minimum absolute atomic E-state index is 0.0868.